The fraction of sp³-hybridized carbons (Fsp3) is 0.857. The zero-order valence-corrected chi connectivity index (χ0v) is 12.4. The van der Waals surface area contributed by atoms with Gasteiger partial charge in [-0.25, -0.2) is 4.79 Å². The first-order chi connectivity index (χ1) is 9.45. The highest BCUT2D eigenvalue weighted by Crippen LogP contribution is 2.23. The van der Waals surface area contributed by atoms with Crippen molar-refractivity contribution in [2.24, 2.45) is 17.6 Å². The molecule has 0 aromatic carbocycles. The Morgan fingerprint density at radius 1 is 1.35 bits per heavy atom. The van der Waals surface area contributed by atoms with Crippen LogP contribution in [-0.4, -0.2) is 35.7 Å². The Labute approximate surface area is 120 Å². The summed E-state index contributed by atoms with van der Waals surface area (Å²) in [5, 5.41) is 15.2. The van der Waals surface area contributed by atoms with Gasteiger partial charge >= 0.3 is 6.03 Å². The summed E-state index contributed by atoms with van der Waals surface area (Å²) in [6.45, 7) is 4.31. The average Bonchev–Trinajstić information content (AvgIpc) is 2.42. The van der Waals surface area contributed by atoms with Crippen LogP contribution in [0.15, 0.2) is 0 Å². The first-order valence-electron chi connectivity index (χ1n) is 7.47. The monoisotopic (exact) mass is 285 g/mol. The number of hydrogen-bond donors (Lipinski definition) is 4. The second-order valence-corrected chi connectivity index (χ2v) is 5.73. The second-order valence-electron chi connectivity index (χ2n) is 5.73. The standard InChI is InChI=1S/C14H27N3O3/c1-3-9(2)12(17-14(15)20)13(19)16-8-10-6-4-5-7-11(10)18/h9-12,18H,3-8H2,1-2H3,(H,16,19)(H3,15,17,20). The molecular weight excluding hydrogens is 258 g/mol. The molecule has 0 aromatic rings. The van der Waals surface area contributed by atoms with Crippen LogP contribution in [0.1, 0.15) is 46.0 Å². The quantitative estimate of drug-likeness (QED) is 0.578. The number of aliphatic hydroxyl groups is 1. The van der Waals surface area contributed by atoms with Gasteiger partial charge in [0.25, 0.3) is 0 Å². The summed E-state index contributed by atoms with van der Waals surface area (Å²) in [5.41, 5.74) is 5.11. The Bertz CT molecular complexity index is 336. The zero-order valence-electron chi connectivity index (χ0n) is 12.4. The summed E-state index contributed by atoms with van der Waals surface area (Å²) in [5.74, 6) is -0.103. The van der Waals surface area contributed by atoms with Crippen molar-refractivity contribution in [3.8, 4) is 0 Å². The fourth-order valence-electron chi connectivity index (χ4n) is 2.62. The van der Waals surface area contributed by atoms with Crippen LogP contribution in [0.5, 0.6) is 0 Å². The van der Waals surface area contributed by atoms with Crippen LogP contribution < -0.4 is 16.4 Å². The highest BCUT2D eigenvalue weighted by molar-refractivity contribution is 5.86. The number of rotatable bonds is 6. The molecule has 4 unspecified atom stereocenters. The SMILES string of the molecule is CCC(C)C(NC(N)=O)C(=O)NCC1CCCCC1O. The van der Waals surface area contributed by atoms with Gasteiger partial charge in [-0.05, 0) is 18.8 Å². The summed E-state index contributed by atoms with van der Waals surface area (Å²) in [6, 6.07) is -1.30. The van der Waals surface area contributed by atoms with Crippen molar-refractivity contribution in [2.75, 3.05) is 6.54 Å². The molecule has 1 fully saturated rings. The van der Waals surface area contributed by atoms with Crippen LogP contribution in [0, 0.1) is 11.8 Å². The van der Waals surface area contributed by atoms with Crippen LogP contribution in [0.25, 0.3) is 0 Å². The Morgan fingerprint density at radius 2 is 2.00 bits per heavy atom. The number of carbonyl (C=O) groups is 2. The topological polar surface area (TPSA) is 104 Å². The molecule has 6 nitrogen and oxygen atoms in total. The maximum atomic E-state index is 12.2. The minimum atomic E-state index is -0.692. The van der Waals surface area contributed by atoms with Crippen molar-refractivity contribution < 1.29 is 14.7 Å². The van der Waals surface area contributed by atoms with Crippen molar-refractivity contribution in [3.05, 3.63) is 0 Å². The van der Waals surface area contributed by atoms with Gasteiger partial charge in [0, 0.05) is 12.5 Å². The lowest BCUT2D eigenvalue weighted by Gasteiger charge is -2.29. The van der Waals surface area contributed by atoms with Crippen LogP contribution >= 0.6 is 0 Å². The summed E-state index contributed by atoms with van der Waals surface area (Å²) in [7, 11) is 0. The highest BCUT2D eigenvalue weighted by atomic mass is 16.3. The number of urea groups is 1. The molecule has 0 aliphatic heterocycles. The molecule has 0 radical (unpaired) electrons. The third kappa shape index (κ3) is 5.00. The van der Waals surface area contributed by atoms with Gasteiger partial charge in [0.2, 0.25) is 5.91 Å². The minimum absolute atomic E-state index is 0.0128. The van der Waals surface area contributed by atoms with Gasteiger partial charge in [-0.15, -0.1) is 0 Å². The largest absolute Gasteiger partial charge is 0.393 e. The van der Waals surface area contributed by atoms with Gasteiger partial charge in [-0.3, -0.25) is 4.79 Å². The van der Waals surface area contributed by atoms with Gasteiger partial charge in [-0.1, -0.05) is 33.1 Å². The van der Waals surface area contributed by atoms with Crippen LogP contribution in [0.4, 0.5) is 4.79 Å². The number of carbonyl (C=O) groups excluding carboxylic acids is 2. The molecule has 5 N–H and O–H groups in total. The van der Waals surface area contributed by atoms with Gasteiger partial charge in [-0.2, -0.15) is 0 Å². The van der Waals surface area contributed by atoms with Crippen molar-refractivity contribution >= 4 is 11.9 Å². The molecule has 0 heterocycles. The van der Waals surface area contributed by atoms with Gasteiger partial charge in [0.05, 0.1) is 6.10 Å². The molecule has 4 atom stereocenters. The lowest BCUT2D eigenvalue weighted by molar-refractivity contribution is -0.124. The maximum Gasteiger partial charge on any atom is 0.312 e. The van der Waals surface area contributed by atoms with Gasteiger partial charge in [0.1, 0.15) is 6.04 Å². The Hall–Kier alpha value is -1.30. The predicted molar refractivity (Wildman–Crippen MR) is 76.9 cm³/mol. The van der Waals surface area contributed by atoms with Crippen LogP contribution in [-0.2, 0) is 4.79 Å². The maximum absolute atomic E-state index is 12.2. The molecule has 0 bridgehead atoms. The highest BCUT2D eigenvalue weighted by Gasteiger charge is 2.28. The molecule has 1 aliphatic carbocycles. The molecule has 116 valence electrons. The predicted octanol–water partition coefficient (Wildman–Crippen LogP) is 0.737. The normalized spacial score (nSPS) is 25.6. The number of nitrogens with two attached hydrogens (primary N) is 1. The molecule has 1 rings (SSSR count). The first-order valence-corrected chi connectivity index (χ1v) is 7.47. The number of aliphatic hydroxyl groups excluding tert-OH is 1. The third-order valence-electron chi connectivity index (χ3n) is 4.20. The molecule has 1 saturated carbocycles. The van der Waals surface area contributed by atoms with Crippen molar-refractivity contribution in [1.82, 2.24) is 10.6 Å². The molecule has 3 amide bonds. The summed E-state index contributed by atoms with van der Waals surface area (Å²) in [6.07, 6.45) is 4.30. The molecule has 1 aliphatic rings. The van der Waals surface area contributed by atoms with Crippen LogP contribution in [0.3, 0.4) is 0 Å². The Morgan fingerprint density at radius 3 is 2.55 bits per heavy atom. The van der Waals surface area contributed by atoms with E-state index in [1.165, 1.54) is 0 Å². The molecule has 6 heteroatoms. The molecule has 20 heavy (non-hydrogen) atoms. The van der Waals surface area contributed by atoms with Crippen molar-refractivity contribution in [1.29, 1.82) is 0 Å². The van der Waals surface area contributed by atoms with E-state index in [0.29, 0.717) is 6.54 Å². The van der Waals surface area contributed by atoms with E-state index in [-0.39, 0.29) is 23.8 Å². The van der Waals surface area contributed by atoms with E-state index in [1.54, 1.807) is 0 Å². The van der Waals surface area contributed by atoms with Crippen LogP contribution in [0.2, 0.25) is 0 Å². The van der Waals surface area contributed by atoms with E-state index in [0.717, 1.165) is 32.1 Å². The van der Waals surface area contributed by atoms with E-state index in [1.807, 2.05) is 13.8 Å². The van der Waals surface area contributed by atoms with Gasteiger partial charge < -0.3 is 21.5 Å². The summed E-state index contributed by atoms with van der Waals surface area (Å²) >= 11 is 0. The Balaban J connectivity index is 2.50. The smallest absolute Gasteiger partial charge is 0.312 e. The number of amides is 3. The number of primary amides is 1. The van der Waals surface area contributed by atoms with Gasteiger partial charge in [0.15, 0.2) is 0 Å². The molecule has 0 saturated heterocycles. The lowest BCUT2D eigenvalue weighted by atomic mass is 9.86. The van der Waals surface area contributed by atoms with E-state index in [9.17, 15) is 14.7 Å². The lowest BCUT2D eigenvalue weighted by Crippen LogP contribution is -2.53. The average molecular weight is 285 g/mol. The van der Waals surface area contributed by atoms with E-state index >= 15 is 0 Å². The molecule has 0 aromatic heterocycles. The first kappa shape index (κ1) is 16.8. The van der Waals surface area contributed by atoms with Crippen molar-refractivity contribution in [3.63, 3.8) is 0 Å². The second kappa shape index (κ2) is 8.09. The third-order valence-corrected chi connectivity index (χ3v) is 4.20. The Kier molecular flexibility index (Phi) is 6.78. The number of nitrogens with one attached hydrogen (secondary N) is 2. The molecule has 0 spiro atoms. The van der Waals surface area contributed by atoms with E-state index in [4.69, 9.17) is 5.73 Å². The van der Waals surface area contributed by atoms with E-state index < -0.39 is 12.1 Å². The van der Waals surface area contributed by atoms with Crippen molar-refractivity contribution in [2.45, 2.75) is 58.1 Å². The summed E-state index contributed by atoms with van der Waals surface area (Å²) < 4.78 is 0. The fourth-order valence-corrected chi connectivity index (χ4v) is 2.62. The molecular formula is C14H27N3O3. The number of hydrogen-bond acceptors (Lipinski definition) is 3. The zero-order chi connectivity index (χ0) is 15.1. The van der Waals surface area contributed by atoms with E-state index in [2.05, 4.69) is 10.6 Å². The summed E-state index contributed by atoms with van der Waals surface area (Å²) in [4.78, 5) is 23.1. The minimum Gasteiger partial charge on any atom is -0.393 e.